The second-order valence-electron chi connectivity index (χ2n) is 4.42. The summed E-state index contributed by atoms with van der Waals surface area (Å²) in [6.07, 6.45) is 0. The van der Waals surface area contributed by atoms with Crippen molar-refractivity contribution >= 4 is 28.2 Å². The zero-order chi connectivity index (χ0) is 15.6. The first-order valence-electron chi connectivity index (χ1n) is 6.11. The Hall–Kier alpha value is -2.29. The van der Waals surface area contributed by atoms with Crippen molar-refractivity contribution in [2.75, 3.05) is 19.1 Å². The van der Waals surface area contributed by atoms with Crippen LogP contribution in [0.5, 0.6) is 0 Å². The molecule has 0 fully saturated rings. The topological polar surface area (TPSA) is 101 Å². The first-order chi connectivity index (χ1) is 9.92. The second kappa shape index (κ2) is 6.00. The lowest BCUT2D eigenvalue weighted by atomic mass is 10.3. The lowest BCUT2D eigenvalue weighted by Crippen LogP contribution is -2.17. The molecule has 0 aromatic carbocycles. The van der Waals surface area contributed by atoms with E-state index in [1.54, 1.807) is 11.9 Å². The van der Waals surface area contributed by atoms with Crippen molar-refractivity contribution in [1.29, 1.82) is 0 Å². The summed E-state index contributed by atoms with van der Waals surface area (Å²) in [5.41, 5.74) is 0.0445. The third-order valence-electron chi connectivity index (χ3n) is 2.66. The van der Waals surface area contributed by atoms with Crippen LogP contribution in [0.1, 0.15) is 38.7 Å². The number of anilines is 1. The van der Waals surface area contributed by atoms with Gasteiger partial charge in [-0.05, 0) is 6.92 Å². The Labute approximate surface area is 125 Å². The Balaban J connectivity index is 2.27. The molecule has 112 valence electrons. The van der Waals surface area contributed by atoms with Crippen LogP contribution < -0.4 is 4.90 Å². The number of esters is 1. The van der Waals surface area contributed by atoms with E-state index < -0.39 is 5.97 Å². The smallest absolute Gasteiger partial charge is 0.358 e. The van der Waals surface area contributed by atoms with E-state index in [4.69, 9.17) is 0 Å². The summed E-state index contributed by atoms with van der Waals surface area (Å²) >= 11 is 1.14. The Morgan fingerprint density at radius 2 is 2.10 bits per heavy atom. The van der Waals surface area contributed by atoms with Crippen LogP contribution in [-0.2, 0) is 11.3 Å². The van der Waals surface area contributed by atoms with Gasteiger partial charge < -0.3 is 9.64 Å². The summed E-state index contributed by atoms with van der Waals surface area (Å²) in [4.78, 5) is 33.7. The Morgan fingerprint density at radius 1 is 1.38 bits per heavy atom. The first kappa shape index (κ1) is 15.1. The molecule has 0 spiro atoms. The van der Waals surface area contributed by atoms with Crippen molar-refractivity contribution < 1.29 is 14.3 Å². The Kier molecular flexibility index (Phi) is 4.32. The van der Waals surface area contributed by atoms with Crippen LogP contribution in [0.3, 0.4) is 0 Å². The van der Waals surface area contributed by atoms with E-state index in [2.05, 4.69) is 24.9 Å². The zero-order valence-electron chi connectivity index (χ0n) is 12.1. The molecule has 8 nitrogen and oxygen atoms in total. The normalized spacial score (nSPS) is 10.5. The molecule has 0 saturated heterocycles. The van der Waals surface area contributed by atoms with E-state index in [-0.39, 0.29) is 16.4 Å². The molecule has 0 radical (unpaired) electrons. The number of thiazole rings is 1. The molecule has 0 saturated carbocycles. The highest BCUT2D eigenvalue weighted by Crippen LogP contribution is 2.27. The summed E-state index contributed by atoms with van der Waals surface area (Å²) in [5, 5.41) is 7.32. The highest BCUT2D eigenvalue weighted by Gasteiger charge is 2.23. The molecule has 0 amide bonds. The molecule has 21 heavy (non-hydrogen) atoms. The van der Waals surface area contributed by atoms with Crippen LogP contribution in [0.25, 0.3) is 0 Å². The number of aryl methyl sites for hydroxylation is 1. The van der Waals surface area contributed by atoms with Gasteiger partial charge in [-0.15, -0.1) is 0 Å². The number of ketones is 1. The van der Waals surface area contributed by atoms with Gasteiger partial charge in [0.2, 0.25) is 0 Å². The second-order valence-corrected chi connectivity index (χ2v) is 5.39. The van der Waals surface area contributed by atoms with Gasteiger partial charge in [-0.1, -0.05) is 11.3 Å². The van der Waals surface area contributed by atoms with Crippen molar-refractivity contribution in [3.63, 3.8) is 0 Å². The third kappa shape index (κ3) is 3.24. The number of Topliss-reactive ketones (excluding diaryl/α,β-unsaturated/α-hetero) is 1. The maximum Gasteiger partial charge on any atom is 0.358 e. The number of carbonyl (C=O) groups is 2. The maximum atomic E-state index is 11.7. The fraction of sp³-hybridized carbons (Fsp3) is 0.417. The van der Waals surface area contributed by atoms with Gasteiger partial charge in [-0.25, -0.2) is 14.8 Å². The summed E-state index contributed by atoms with van der Waals surface area (Å²) in [6.45, 7) is 3.61. The molecule has 1 N–H and O–H groups in total. The van der Waals surface area contributed by atoms with Gasteiger partial charge in [-0.2, -0.15) is 5.10 Å². The number of hydrogen-bond acceptors (Lipinski definition) is 8. The number of hydrogen-bond donors (Lipinski definition) is 1. The van der Waals surface area contributed by atoms with Crippen LogP contribution in [0.4, 0.5) is 5.13 Å². The molecule has 0 aliphatic carbocycles. The van der Waals surface area contributed by atoms with Crippen LogP contribution in [-0.4, -0.2) is 46.1 Å². The average molecular weight is 309 g/mol. The number of aromatic amines is 1. The van der Waals surface area contributed by atoms with Gasteiger partial charge in [0.15, 0.2) is 22.4 Å². The van der Waals surface area contributed by atoms with Crippen LogP contribution in [0.2, 0.25) is 0 Å². The molecular formula is C12H15N5O3S. The third-order valence-corrected chi connectivity index (χ3v) is 3.93. The van der Waals surface area contributed by atoms with Crippen LogP contribution >= 0.6 is 11.3 Å². The minimum absolute atomic E-state index is 0.0445. The predicted molar refractivity (Wildman–Crippen MR) is 76.7 cm³/mol. The molecule has 2 rings (SSSR count). The number of ether oxygens (including phenoxy) is 1. The largest absolute Gasteiger partial charge is 0.464 e. The molecule has 9 heteroatoms. The number of H-pyrrole nitrogens is 1. The molecule has 0 bridgehead atoms. The molecule has 2 aromatic heterocycles. The average Bonchev–Trinajstić information content (AvgIpc) is 3.04. The van der Waals surface area contributed by atoms with Gasteiger partial charge in [0.05, 0.1) is 13.7 Å². The fourth-order valence-corrected chi connectivity index (χ4v) is 2.59. The number of carbonyl (C=O) groups excluding carboxylic acids is 2. The van der Waals surface area contributed by atoms with Crippen molar-refractivity contribution in [3.8, 4) is 0 Å². The minimum atomic E-state index is -0.621. The lowest BCUT2D eigenvalue weighted by molar-refractivity contribution is 0.0591. The quantitative estimate of drug-likeness (QED) is 0.654. The van der Waals surface area contributed by atoms with Gasteiger partial charge in [-0.3, -0.25) is 9.89 Å². The van der Waals surface area contributed by atoms with Gasteiger partial charge in [0.25, 0.3) is 0 Å². The summed E-state index contributed by atoms with van der Waals surface area (Å²) < 4.78 is 4.65. The standard InChI is InChI=1S/C12H15N5O3S/c1-6(18)10-9(11(19)20-4)14-12(21-10)17(3)5-8-13-7(2)15-16-8/h5H2,1-4H3,(H,13,15,16). The van der Waals surface area contributed by atoms with Crippen LogP contribution in [0, 0.1) is 6.92 Å². The first-order valence-corrected chi connectivity index (χ1v) is 6.93. The maximum absolute atomic E-state index is 11.7. The van der Waals surface area contributed by atoms with Gasteiger partial charge in [0, 0.05) is 14.0 Å². The van der Waals surface area contributed by atoms with E-state index in [0.717, 1.165) is 17.2 Å². The van der Waals surface area contributed by atoms with Crippen molar-refractivity contribution in [2.45, 2.75) is 20.4 Å². The number of nitrogens with zero attached hydrogens (tertiary/aromatic N) is 4. The number of aromatic nitrogens is 4. The SMILES string of the molecule is COC(=O)c1nc(N(C)Cc2n[nH]c(C)n2)sc1C(C)=O. The van der Waals surface area contributed by atoms with E-state index in [1.807, 2.05) is 6.92 Å². The number of rotatable bonds is 5. The fourth-order valence-electron chi connectivity index (χ4n) is 1.69. The van der Waals surface area contributed by atoms with E-state index in [9.17, 15) is 9.59 Å². The highest BCUT2D eigenvalue weighted by molar-refractivity contribution is 7.17. The van der Waals surface area contributed by atoms with Gasteiger partial charge in [0.1, 0.15) is 10.7 Å². The Morgan fingerprint density at radius 3 is 2.62 bits per heavy atom. The summed E-state index contributed by atoms with van der Waals surface area (Å²) in [5.74, 6) is 0.484. The van der Waals surface area contributed by atoms with Crippen molar-refractivity contribution in [1.82, 2.24) is 20.2 Å². The Bertz CT molecular complexity index is 678. The van der Waals surface area contributed by atoms with E-state index in [1.165, 1.54) is 14.0 Å². The summed E-state index contributed by atoms with van der Waals surface area (Å²) in [6, 6.07) is 0. The molecular weight excluding hydrogens is 294 g/mol. The number of nitrogens with one attached hydrogen (secondary N) is 1. The van der Waals surface area contributed by atoms with E-state index >= 15 is 0 Å². The molecule has 0 aliphatic heterocycles. The monoisotopic (exact) mass is 309 g/mol. The molecule has 0 atom stereocenters. The number of methoxy groups -OCH3 is 1. The molecule has 2 heterocycles. The molecule has 0 unspecified atom stereocenters. The summed E-state index contributed by atoms with van der Waals surface area (Å²) in [7, 11) is 3.04. The lowest BCUT2D eigenvalue weighted by Gasteiger charge is -2.12. The zero-order valence-corrected chi connectivity index (χ0v) is 12.9. The van der Waals surface area contributed by atoms with E-state index in [0.29, 0.717) is 17.5 Å². The van der Waals surface area contributed by atoms with Crippen molar-refractivity contribution in [2.24, 2.45) is 0 Å². The highest BCUT2D eigenvalue weighted by atomic mass is 32.1. The van der Waals surface area contributed by atoms with Gasteiger partial charge >= 0.3 is 5.97 Å². The van der Waals surface area contributed by atoms with Crippen molar-refractivity contribution in [3.05, 3.63) is 22.2 Å². The molecule has 2 aromatic rings. The molecule has 0 aliphatic rings. The minimum Gasteiger partial charge on any atom is -0.464 e. The predicted octanol–water partition coefficient (Wildman–Crippen LogP) is 1.20. The van der Waals surface area contributed by atoms with Crippen LogP contribution in [0.15, 0.2) is 0 Å².